The summed E-state index contributed by atoms with van der Waals surface area (Å²) in [7, 11) is 1.40. The maximum absolute atomic E-state index is 16.6. The van der Waals surface area contributed by atoms with Gasteiger partial charge in [0.2, 0.25) is 5.88 Å². The number of nitrogens with two attached hydrogens (primary N) is 2. The molecule has 0 amide bonds. The maximum atomic E-state index is 16.6. The van der Waals surface area contributed by atoms with Crippen molar-refractivity contribution >= 4 is 49.0 Å². The monoisotopic (exact) mass is 572 g/mol. The number of hydrogen-bond acceptors (Lipinski definition) is 11. The third kappa shape index (κ3) is 3.71. The van der Waals surface area contributed by atoms with Gasteiger partial charge in [-0.25, -0.2) is 18.7 Å². The molecule has 4 aromatic heterocycles. The van der Waals surface area contributed by atoms with Gasteiger partial charge in [0.1, 0.15) is 51.7 Å². The van der Waals surface area contributed by atoms with Gasteiger partial charge in [0.15, 0.2) is 5.82 Å². The van der Waals surface area contributed by atoms with Crippen molar-refractivity contribution in [2.45, 2.75) is 25.3 Å². The lowest BCUT2D eigenvalue weighted by molar-refractivity contribution is 0.313. The van der Waals surface area contributed by atoms with Gasteiger partial charge in [0, 0.05) is 22.7 Å². The Bertz CT molecular complexity index is 1940. The van der Waals surface area contributed by atoms with Crippen LogP contribution >= 0.6 is 11.3 Å². The molecule has 2 aliphatic rings. The minimum absolute atomic E-state index is 0.0432. The summed E-state index contributed by atoms with van der Waals surface area (Å²) in [6, 6.07) is 6.34. The SMILES string of the molecule is COc1nc2c3c(nc(-c4ccc(F)c5sc(N)c(C#N)c45)c(F)c3n1)OCCN2C1CCCc2ccnc(N)c21. The van der Waals surface area contributed by atoms with E-state index in [0.29, 0.717) is 18.2 Å². The number of fused-ring (bicyclic) bond motifs is 2. The molecule has 7 rings (SSSR count). The Labute approximate surface area is 236 Å². The summed E-state index contributed by atoms with van der Waals surface area (Å²) in [6.45, 7) is 0.618. The van der Waals surface area contributed by atoms with Gasteiger partial charge in [0.25, 0.3) is 0 Å². The Hall–Kier alpha value is -4.83. The van der Waals surface area contributed by atoms with Gasteiger partial charge in [-0.05, 0) is 43.0 Å². The van der Waals surface area contributed by atoms with Crippen molar-refractivity contribution in [3.05, 3.63) is 52.7 Å². The van der Waals surface area contributed by atoms with Crippen LogP contribution in [0.4, 0.5) is 25.4 Å². The van der Waals surface area contributed by atoms with Gasteiger partial charge >= 0.3 is 6.01 Å². The van der Waals surface area contributed by atoms with Crippen LogP contribution in [0, 0.1) is 23.0 Å². The van der Waals surface area contributed by atoms with Crippen molar-refractivity contribution < 1.29 is 18.3 Å². The average Bonchev–Trinajstić information content (AvgIpc) is 3.22. The number of aromatic nitrogens is 4. The predicted octanol–water partition coefficient (Wildman–Crippen LogP) is 4.90. The normalized spacial score (nSPS) is 16.2. The second-order valence-electron chi connectivity index (χ2n) is 9.81. The fraction of sp³-hybridized carbons (Fsp3) is 0.250. The zero-order valence-corrected chi connectivity index (χ0v) is 22.6. The van der Waals surface area contributed by atoms with E-state index in [0.717, 1.165) is 41.7 Å². The number of rotatable bonds is 3. The first-order chi connectivity index (χ1) is 19.9. The second-order valence-corrected chi connectivity index (χ2v) is 10.9. The van der Waals surface area contributed by atoms with Gasteiger partial charge < -0.3 is 25.8 Å². The summed E-state index contributed by atoms with van der Waals surface area (Å²) in [6.07, 6.45) is 4.29. The third-order valence-electron chi connectivity index (χ3n) is 7.67. The van der Waals surface area contributed by atoms with Gasteiger partial charge in [-0.3, -0.25) is 0 Å². The summed E-state index contributed by atoms with van der Waals surface area (Å²) in [5.41, 5.74) is 14.4. The molecule has 13 heteroatoms. The molecule has 41 heavy (non-hydrogen) atoms. The molecule has 0 saturated heterocycles. The lowest BCUT2D eigenvalue weighted by Gasteiger charge is -2.36. The molecule has 5 heterocycles. The first-order valence-electron chi connectivity index (χ1n) is 12.9. The summed E-state index contributed by atoms with van der Waals surface area (Å²) >= 11 is 0.924. The molecule has 1 aliphatic heterocycles. The highest BCUT2D eigenvalue weighted by molar-refractivity contribution is 7.23. The molecule has 0 bridgehead atoms. The van der Waals surface area contributed by atoms with Crippen molar-refractivity contribution in [3.63, 3.8) is 0 Å². The minimum atomic E-state index is -0.789. The van der Waals surface area contributed by atoms with Crippen molar-refractivity contribution in [1.82, 2.24) is 19.9 Å². The number of anilines is 3. The number of nitrogen functional groups attached to an aromatic ring is 2. The van der Waals surface area contributed by atoms with Crippen LogP contribution in [0.5, 0.6) is 11.9 Å². The Kier molecular flexibility index (Phi) is 5.75. The number of aryl methyl sites for hydroxylation is 1. The van der Waals surface area contributed by atoms with E-state index < -0.39 is 11.6 Å². The lowest BCUT2D eigenvalue weighted by atomic mass is 9.87. The topological polar surface area (TPSA) is 149 Å². The smallest absolute Gasteiger partial charge is 0.318 e. The number of pyridine rings is 2. The Morgan fingerprint density at radius 1 is 1.17 bits per heavy atom. The minimum Gasteiger partial charge on any atom is -0.475 e. The fourth-order valence-corrected chi connectivity index (χ4v) is 6.86. The molecule has 1 atom stereocenters. The van der Waals surface area contributed by atoms with Crippen molar-refractivity contribution in [2.75, 3.05) is 36.6 Å². The van der Waals surface area contributed by atoms with Crippen LogP contribution in [0.15, 0.2) is 24.4 Å². The number of methoxy groups -OCH3 is 1. The van der Waals surface area contributed by atoms with Crippen LogP contribution < -0.4 is 25.8 Å². The van der Waals surface area contributed by atoms with E-state index in [1.807, 2.05) is 17.0 Å². The number of hydrogen-bond donors (Lipinski definition) is 2. The lowest BCUT2D eigenvalue weighted by Crippen LogP contribution is -2.35. The molecule has 1 unspecified atom stereocenters. The zero-order chi connectivity index (χ0) is 28.4. The average molecular weight is 573 g/mol. The van der Waals surface area contributed by atoms with Crippen molar-refractivity contribution in [1.29, 1.82) is 5.26 Å². The molecular weight excluding hydrogens is 550 g/mol. The molecule has 1 aliphatic carbocycles. The number of benzene rings is 1. The largest absolute Gasteiger partial charge is 0.475 e. The number of ether oxygens (including phenoxy) is 2. The molecule has 206 valence electrons. The second kappa shape index (κ2) is 9.38. The summed E-state index contributed by atoms with van der Waals surface area (Å²) in [5.74, 6) is -0.395. The van der Waals surface area contributed by atoms with Crippen molar-refractivity contribution in [3.8, 4) is 29.2 Å². The Balaban J connectivity index is 1.50. The van der Waals surface area contributed by atoms with Crippen LogP contribution in [-0.2, 0) is 6.42 Å². The van der Waals surface area contributed by atoms with Gasteiger partial charge in [-0.15, -0.1) is 11.3 Å². The molecule has 4 N–H and O–H groups in total. The number of nitrogens with zero attached hydrogens (tertiary/aromatic N) is 6. The highest BCUT2D eigenvalue weighted by Gasteiger charge is 2.35. The first-order valence-corrected chi connectivity index (χ1v) is 13.7. The molecular formula is C28H22F2N8O2S. The quantitative estimate of drug-likeness (QED) is 0.306. The Morgan fingerprint density at radius 3 is 2.83 bits per heavy atom. The van der Waals surface area contributed by atoms with E-state index in [1.54, 1.807) is 6.20 Å². The molecule has 1 aromatic carbocycles. The molecule has 0 spiro atoms. The molecule has 0 saturated carbocycles. The van der Waals surface area contributed by atoms with Gasteiger partial charge in [-0.2, -0.15) is 15.2 Å². The zero-order valence-electron chi connectivity index (χ0n) is 21.7. The summed E-state index contributed by atoms with van der Waals surface area (Å²) < 4.78 is 42.9. The molecule has 5 aromatic rings. The van der Waals surface area contributed by atoms with Crippen LogP contribution in [-0.4, -0.2) is 40.2 Å². The highest BCUT2D eigenvalue weighted by Crippen LogP contribution is 2.47. The first kappa shape index (κ1) is 25.2. The summed E-state index contributed by atoms with van der Waals surface area (Å²) in [5, 5.41) is 10.4. The van der Waals surface area contributed by atoms with Crippen LogP contribution in [0.3, 0.4) is 0 Å². The van der Waals surface area contributed by atoms with E-state index in [1.165, 1.54) is 19.2 Å². The van der Waals surface area contributed by atoms with Gasteiger partial charge in [0.05, 0.1) is 30.0 Å². The van der Waals surface area contributed by atoms with E-state index in [4.69, 9.17) is 20.9 Å². The van der Waals surface area contributed by atoms with E-state index in [9.17, 15) is 9.65 Å². The number of thiophene rings is 1. The third-order valence-corrected chi connectivity index (χ3v) is 8.69. The standard InChI is InChI=1S/C28H22F2N8O2S/c1-39-28-36-22-19-26(37-28)38(16-4-2-3-12-7-8-34-24(32)17(12)16)9-10-40-27(19)35-21(20(22)30)13-5-6-15(29)23-18(13)14(11-31)25(33)41-23/h5-8,16H,2-4,9-10,33H2,1H3,(H2,32,34). The number of halogens is 2. The van der Waals surface area contributed by atoms with E-state index in [2.05, 4.69) is 19.9 Å². The number of nitriles is 1. The fourth-order valence-electron chi connectivity index (χ4n) is 5.91. The van der Waals surface area contributed by atoms with E-state index in [-0.39, 0.29) is 67.4 Å². The van der Waals surface area contributed by atoms with Gasteiger partial charge in [-0.1, -0.05) is 0 Å². The van der Waals surface area contributed by atoms with Crippen LogP contribution in [0.2, 0.25) is 0 Å². The molecule has 0 radical (unpaired) electrons. The van der Waals surface area contributed by atoms with E-state index >= 15 is 4.39 Å². The van der Waals surface area contributed by atoms with Crippen LogP contribution in [0.25, 0.3) is 32.2 Å². The molecule has 10 nitrogen and oxygen atoms in total. The van der Waals surface area contributed by atoms with Crippen molar-refractivity contribution in [2.24, 2.45) is 0 Å². The summed E-state index contributed by atoms with van der Waals surface area (Å²) in [4.78, 5) is 19.9. The maximum Gasteiger partial charge on any atom is 0.318 e. The Morgan fingerprint density at radius 2 is 2.02 bits per heavy atom. The predicted molar refractivity (Wildman–Crippen MR) is 151 cm³/mol. The van der Waals surface area contributed by atoms with Crippen LogP contribution in [0.1, 0.15) is 35.6 Å². The molecule has 0 fully saturated rings. The highest BCUT2D eigenvalue weighted by atomic mass is 32.1.